The van der Waals surface area contributed by atoms with Gasteiger partial charge in [0, 0.05) is 23.1 Å². The fraction of sp³-hybridized carbons (Fsp3) is 0. The van der Waals surface area contributed by atoms with Crippen LogP contribution < -0.4 is 8.92 Å². The Morgan fingerprint density at radius 3 is 2.42 bits per heavy atom. The summed E-state index contributed by atoms with van der Waals surface area (Å²) in [6.07, 6.45) is 0.902. The van der Waals surface area contributed by atoms with E-state index in [1.54, 1.807) is 0 Å². The maximum Gasteiger partial charge on any atom is 0.335 e. The van der Waals surface area contributed by atoms with Gasteiger partial charge in [-0.25, -0.2) is 17.8 Å². The normalized spacial score (nSPS) is 11.4. The van der Waals surface area contributed by atoms with Crippen molar-refractivity contribution in [3.8, 4) is 22.6 Å². The third kappa shape index (κ3) is 4.14. The third-order valence-electron chi connectivity index (χ3n) is 2.88. The van der Waals surface area contributed by atoms with Crippen LogP contribution in [0.25, 0.3) is 11.1 Å². The summed E-state index contributed by atoms with van der Waals surface area (Å²) in [5.41, 5.74) is 0.340. The molecule has 7 heteroatoms. The van der Waals surface area contributed by atoms with Crippen LogP contribution in [0.1, 0.15) is 0 Å². The first-order chi connectivity index (χ1) is 11.4. The maximum absolute atomic E-state index is 14.2. The minimum Gasteiger partial charge on any atom is -0.420 e. The molecule has 0 radical (unpaired) electrons. The minimum absolute atomic E-state index is 0.0477. The molecule has 0 saturated heterocycles. The van der Waals surface area contributed by atoms with Crippen molar-refractivity contribution in [2.24, 2.45) is 0 Å². The lowest BCUT2D eigenvalue weighted by atomic mass is 10.0. The number of halogens is 2. The van der Waals surface area contributed by atoms with Gasteiger partial charge in [-0.1, -0.05) is 19.2 Å². The number of carbonyl (C=O) groups excluding carboxylic acids is 1. The fourth-order valence-corrected chi connectivity index (χ4v) is 2.17. The molecule has 24 heavy (non-hydrogen) atoms. The first-order valence-electron chi connectivity index (χ1n) is 6.59. The molecule has 0 fully saturated rings. The molecule has 1 atom stereocenters. The first kappa shape index (κ1) is 17.6. The van der Waals surface area contributed by atoms with Crippen molar-refractivity contribution in [3.05, 3.63) is 72.7 Å². The Morgan fingerprint density at radius 2 is 1.83 bits per heavy atom. The van der Waals surface area contributed by atoms with Crippen molar-refractivity contribution in [2.45, 2.75) is 0 Å². The molecule has 0 amide bonds. The molecule has 4 nitrogen and oxygen atoms in total. The van der Waals surface area contributed by atoms with Gasteiger partial charge in [-0.3, -0.25) is 0 Å². The van der Waals surface area contributed by atoms with Crippen molar-refractivity contribution in [1.82, 2.24) is 0 Å². The van der Waals surface area contributed by atoms with Gasteiger partial charge in [-0.15, -0.1) is 0 Å². The van der Waals surface area contributed by atoms with E-state index >= 15 is 0 Å². The maximum atomic E-state index is 14.2. The number of hydrogen-bond acceptors (Lipinski definition) is 4. The van der Waals surface area contributed by atoms with E-state index in [-0.39, 0.29) is 22.6 Å². The van der Waals surface area contributed by atoms with E-state index in [1.165, 1.54) is 24.3 Å². The van der Waals surface area contributed by atoms with Crippen molar-refractivity contribution < 1.29 is 26.7 Å². The average molecular weight is 350 g/mol. The summed E-state index contributed by atoms with van der Waals surface area (Å²) in [6, 6.07) is 7.42. The number of ether oxygens (including phenoxy) is 1. The lowest BCUT2D eigenvalue weighted by molar-refractivity contribution is -0.129. The van der Waals surface area contributed by atoms with Crippen LogP contribution in [0.5, 0.6) is 11.5 Å². The Balaban J connectivity index is 2.30. The molecule has 0 N–H and O–H groups in total. The van der Waals surface area contributed by atoms with Crippen LogP contribution in [0.15, 0.2) is 61.0 Å². The highest BCUT2D eigenvalue weighted by molar-refractivity contribution is 7.83. The molecular weight excluding hydrogens is 338 g/mol. The topological polar surface area (TPSA) is 52.6 Å². The zero-order valence-electron chi connectivity index (χ0n) is 12.3. The van der Waals surface area contributed by atoms with Gasteiger partial charge in [0.05, 0.1) is 0 Å². The number of carbonyl (C=O) groups is 1. The molecule has 0 heterocycles. The standard InChI is InChI=1S/C17H12F2O4S/c1-3-17(20)22-16-8-5-11(9-15(16)19)13-7-6-12(10-14(13)18)23-24(21)4-2/h3-10H,1-2H2. The third-order valence-corrected chi connectivity index (χ3v) is 3.50. The predicted octanol–water partition coefficient (Wildman–Crippen LogP) is 3.91. The molecule has 0 aliphatic carbocycles. The summed E-state index contributed by atoms with van der Waals surface area (Å²) >= 11 is -1.77. The molecule has 0 bridgehead atoms. The van der Waals surface area contributed by atoms with Crippen LogP contribution in [0.3, 0.4) is 0 Å². The van der Waals surface area contributed by atoms with Gasteiger partial charge in [0.2, 0.25) is 11.1 Å². The van der Waals surface area contributed by atoms with E-state index in [0.29, 0.717) is 0 Å². The predicted molar refractivity (Wildman–Crippen MR) is 86.6 cm³/mol. The van der Waals surface area contributed by atoms with Gasteiger partial charge >= 0.3 is 5.97 Å². The van der Waals surface area contributed by atoms with Gasteiger partial charge < -0.3 is 8.92 Å². The van der Waals surface area contributed by atoms with Crippen molar-refractivity contribution >= 4 is 17.0 Å². The highest BCUT2D eigenvalue weighted by Gasteiger charge is 2.12. The number of benzene rings is 2. The van der Waals surface area contributed by atoms with Gasteiger partial charge in [-0.05, 0) is 29.8 Å². The zero-order chi connectivity index (χ0) is 17.7. The van der Waals surface area contributed by atoms with Crippen LogP contribution in [-0.4, -0.2) is 10.2 Å². The Hall–Kier alpha value is -2.80. The molecule has 0 aliphatic rings. The summed E-state index contributed by atoms with van der Waals surface area (Å²) in [6.45, 7) is 6.50. The van der Waals surface area contributed by atoms with E-state index in [4.69, 9.17) is 8.92 Å². The van der Waals surface area contributed by atoms with Crippen LogP contribution in [0, 0.1) is 11.6 Å². The second kappa shape index (κ2) is 7.65. The summed E-state index contributed by atoms with van der Waals surface area (Å²) in [4.78, 5) is 11.1. The Kier molecular flexibility index (Phi) is 5.59. The van der Waals surface area contributed by atoms with Gasteiger partial charge in [-0.2, -0.15) is 0 Å². The molecule has 0 aromatic heterocycles. The van der Waals surface area contributed by atoms with Gasteiger partial charge in [0.25, 0.3) is 0 Å². The van der Waals surface area contributed by atoms with Crippen LogP contribution in [-0.2, 0) is 15.9 Å². The van der Waals surface area contributed by atoms with E-state index in [0.717, 1.165) is 23.6 Å². The molecule has 2 aromatic rings. The minimum atomic E-state index is -1.77. The molecule has 0 spiro atoms. The van der Waals surface area contributed by atoms with Crippen LogP contribution in [0.2, 0.25) is 0 Å². The lowest BCUT2D eigenvalue weighted by Gasteiger charge is -2.08. The van der Waals surface area contributed by atoms with E-state index in [1.807, 2.05) is 0 Å². The Bertz CT molecular complexity index is 833. The molecule has 0 saturated carbocycles. The van der Waals surface area contributed by atoms with Crippen molar-refractivity contribution in [1.29, 1.82) is 0 Å². The summed E-state index contributed by atoms with van der Waals surface area (Å²) in [5.74, 6) is -2.56. The molecule has 2 rings (SSSR count). The Morgan fingerprint density at radius 1 is 1.08 bits per heavy atom. The SMILES string of the molecule is C=CC(=O)Oc1ccc(-c2ccc(OS(=O)C=C)cc2F)cc1F. The largest absolute Gasteiger partial charge is 0.420 e. The molecule has 2 aromatic carbocycles. The summed E-state index contributed by atoms with van der Waals surface area (Å²) in [5, 5.41) is 1.06. The average Bonchev–Trinajstić information content (AvgIpc) is 2.56. The van der Waals surface area contributed by atoms with Crippen LogP contribution in [0.4, 0.5) is 8.78 Å². The smallest absolute Gasteiger partial charge is 0.335 e. The highest BCUT2D eigenvalue weighted by Crippen LogP contribution is 2.30. The molecule has 1 unspecified atom stereocenters. The van der Waals surface area contributed by atoms with E-state index in [9.17, 15) is 17.8 Å². The number of hydrogen-bond donors (Lipinski definition) is 0. The monoisotopic (exact) mass is 350 g/mol. The zero-order valence-corrected chi connectivity index (χ0v) is 13.1. The van der Waals surface area contributed by atoms with Crippen LogP contribution >= 0.6 is 0 Å². The summed E-state index contributed by atoms with van der Waals surface area (Å²) < 4.78 is 48.9. The lowest BCUT2D eigenvalue weighted by Crippen LogP contribution is -2.04. The molecule has 124 valence electrons. The fourth-order valence-electron chi connectivity index (χ4n) is 1.81. The van der Waals surface area contributed by atoms with Crippen molar-refractivity contribution in [2.75, 3.05) is 0 Å². The van der Waals surface area contributed by atoms with Gasteiger partial charge in [0.1, 0.15) is 11.6 Å². The Labute approximate surface area is 139 Å². The van der Waals surface area contributed by atoms with Gasteiger partial charge in [0.15, 0.2) is 11.6 Å². The molecule has 0 aliphatic heterocycles. The molecular formula is C17H12F2O4S. The van der Waals surface area contributed by atoms with E-state index in [2.05, 4.69) is 13.2 Å². The number of esters is 1. The summed E-state index contributed by atoms with van der Waals surface area (Å²) in [7, 11) is 0. The quantitative estimate of drug-likeness (QED) is 0.450. The second-order valence-corrected chi connectivity index (χ2v) is 5.44. The van der Waals surface area contributed by atoms with Crippen molar-refractivity contribution in [3.63, 3.8) is 0 Å². The number of rotatable bonds is 6. The second-order valence-electron chi connectivity index (χ2n) is 4.42. The van der Waals surface area contributed by atoms with E-state index < -0.39 is 28.7 Å². The highest BCUT2D eigenvalue weighted by atomic mass is 32.2. The first-order valence-corrected chi connectivity index (χ1v) is 7.73.